The molecule has 0 saturated carbocycles. The molecule has 2 heterocycles. The van der Waals surface area contributed by atoms with E-state index in [0.29, 0.717) is 13.0 Å². The van der Waals surface area contributed by atoms with E-state index >= 15 is 0 Å². The minimum atomic E-state index is -4.68. The molecule has 33 heavy (non-hydrogen) atoms. The summed E-state index contributed by atoms with van der Waals surface area (Å²) in [7, 11) is -9.16. The van der Waals surface area contributed by atoms with Crippen molar-refractivity contribution in [3.8, 4) is 11.4 Å². The minimum Gasteiger partial charge on any atom is -0.390 e. The first-order valence-electron chi connectivity index (χ1n) is 9.90. The minimum absolute atomic E-state index is 0.107. The quantitative estimate of drug-likeness (QED) is 0.203. The van der Waals surface area contributed by atoms with Gasteiger partial charge in [-0.25, -0.2) is 31.1 Å². The number of primary sulfonamides is 1. The zero-order valence-corrected chi connectivity index (χ0v) is 19.1. The smallest absolute Gasteiger partial charge is 0.242 e. The summed E-state index contributed by atoms with van der Waals surface area (Å²) >= 11 is 0. The molecule has 1 aliphatic heterocycles. The van der Waals surface area contributed by atoms with Gasteiger partial charge in [0, 0.05) is 37.8 Å². The fourth-order valence-corrected chi connectivity index (χ4v) is 6.27. The van der Waals surface area contributed by atoms with Crippen molar-refractivity contribution in [1.29, 1.82) is 0 Å². The number of nitrogens with zero attached hydrogens (tertiary/aromatic N) is 4. The van der Waals surface area contributed by atoms with Gasteiger partial charge < -0.3 is 21.5 Å². The molecular weight excluding hydrogens is 481 g/mol. The summed E-state index contributed by atoms with van der Waals surface area (Å²) in [6.07, 6.45) is -2.09. The first-order valence-corrected chi connectivity index (χ1v) is 12.9. The molecule has 0 amide bonds. The average molecular weight is 508 g/mol. The van der Waals surface area contributed by atoms with Gasteiger partial charge in [-0.3, -0.25) is 0 Å². The number of anilines is 1. The highest BCUT2D eigenvalue weighted by molar-refractivity contribution is 7.92. The number of aliphatic hydroxyl groups excluding tert-OH is 1. The van der Waals surface area contributed by atoms with Crippen molar-refractivity contribution >= 4 is 25.7 Å². The van der Waals surface area contributed by atoms with E-state index in [1.165, 1.54) is 6.07 Å². The molecule has 0 bridgehead atoms. The van der Waals surface area contributed by atoms with E-state index in [4.69, 9.17) is 16.6 Å². The van der Waals surface area contributed by atoms with Gasteiger partial charge in [0.25, 0.3) is 0 Å². The number of tetrazole rings is 1. The topological polar surface area (TPSA) is 236 Å². The van der Waals surface area contributed by atoms with Gasteiger partial charge in [-0.15, -0.1) is 10.2 Å². The highest BCUT2D eigenvalue weighted by atomic mass is 32.2. The van der Waals surface area contributed by atoms with E-state index in [-0.39, 0.29) is 42.6 Å². The van der Waals surface area contributed by atoms with E-state index in [2.05, 4.69) is 25.3 Å². The molecule has 1 aromatic carbocycles. The van der Waals surface area contributed by atoms with Crippen LogP contribution in [0.5, 0.6) is 0 Å². The highest BCUT2D eigenvalue weighted by Crippen LogP contribution is 2.39. The molecule has 1 fully saturated rings. The maximum absolute atomic E-state index is 14.6. The Kier molecular flexibility index (Phi) is 7.62. The zero-order valence-electron chi connectivity index (χ0n) is 17.4. The molecule has 17 heteroatoms. The third-order valence-corrected chi connectivity index (χ3v) is 7.93. The van der Waals surface area contributed by atoms with Crippen LogP contribution in [0.1, 0.15) is 6.42 Å². The van der Waals surface area contributed by atoms with Crippen LogP contribution in [0.4, 0.5) is 10.1 Å². The van der Waals surface area contributed by atoms with Gasteiger partial charge >= 0.3 is 0 Å². The second-order valence-electron chi connectivity index (χ2n) is 7.56. The molecule has 184 valence electrons. The average Bonchev–Trinajstić information content (AvgIpc) is 3.30. The van der Waals surface area contributed by atoms with Crippen LogP contribution in [0.15, 0.2) is 21.9 Å². The Balaban J connectivity index is 2.20. The lowest BCUT2D eigenvalue weighted by Gasteiger charge is -2.36. The molecule has 0 aliphatic carbocycles. The number of alkyl halides is 1. The summed E-state index contributed by atoms with van der Waals surface area (Å²) in [5.74, 6) is -0.602. The lowest BCUT2D eigenvalue weighted by atomic mass is 9.94. The molecule has 1 saturated heterocycles. The van der Waals surface area contributed by atoms with Gasteiger partial charge in [0.2, 0.25) is 25.9 Å². The number of hydrogen-bond acceptors (Lipinski definition) is 11. The van der Waals surface area contributed by atoms with Gasteiger partial charge in [0.15, 0.2) is 0 Å². The Morgan fingerprint density at radius 2 is 2.03 bits per heavy atom. The largest absolute Gasteiger partial charge is 0.390 e. The molecule has 14 nitrogen and oxygen atoms in total. The van der Waals surface area contributed by atoms with Crippen molar-refractivity contribution < 1.29 is 26.3 Å². The molecule has 0 spiro atoms. The lowest BCUT2D eigenvalue weighted by Crippen LogP contribution is -2.44. The first kappa shape index (κ1) is 25.3. The Morgan fingerprint density at radius 1 is 1.30 bits per heavy atom. The molecule has 3 unspecified atom stereocenters. The molecular formula is C16H26FN9O5S2. The lowest BCUT2D eigenvalue weighted by molar-refractivity contribution is 0.186. The predicted octanol–water partition coefficient (Wildman–Crippen LogP) is -2.76. The Morgan fingerprint density at radius 3 is 2.58 bits per heavy atom. The standard InChI is InChI=1S/C16H26FN9O5S2/c17-11-8-26(4-3-9(11)5-18)12-1-2-13(33(30,31)21-7-10(27)6-19)15(32(20,28)29)14(12)16-22-24-25-23-16/h1-2,9-11,21,27H,3-8,18-19H2,(H2,20,28,29)(H,22,23,24,25). The van der Waals surface area contributed by atoms with Crippen LogP contribution >= 0.6 is 0 Å². The Bertz CT molecular complexity index is 1180. The van der Waals surface area contributed by atoms with Gasteiger partial charge in [-0.1, -0.05) is 0 Å². The van der Waals surface area contributed by atoms with E-state index in [1.54, 1.807) is 4.90 Å². The summed E-state index contributed by atoms with van der Waals surface area (Å²) in [4.78, 5) is 0.0815. The summed E-state index contributed by atoms with van der Waals surface area (Å²) in [6.45, 7) is -0.306. The van der Waals surface area contributed by atoms with Gasteiger partial charge in [0.05, 0.1) is 11.7 Å². The van der Waals surface area contributed by atoms with Crippen LogP contribution in [0, 0.1) is 5.92 Å². The fourth-order valence-electron chi connectivity index (χ4n) is 3.60. The van der Waals surface area contributed by atoms with Crippen molar-refractivity contribution in [3.05, 3.63) is 12.1 Å². The van der Waals surface area contributed by atoms with Crippen LogP contribution in [-0.4, -0.2) is 87.6 Å². The second-order valence-corrected chi connectivity index (χ2v) is 10.8. The number of piperidine rings is 1. The number of nitrogens with one attached hydrogen (secondary N) is 2. The van der Waals surface area contributed by atoms with Crippen molar-refractivity contribution in [2.24, 2.45) is 22.5 Å². The molecule has 3 rings (SSSR count). The monoisotopic (exact) mass is 507 g/mol. The van der Waals surface area contributed by atoms with Crippen LogP contribution in [-0.2, 0) is 20.0 Å². The third kappa shape index (κ3) is 5.45. The van der Waals surface area contributed by atoms with E-state index in [0.717, 1.165) is 6.07 Å². The summed E-state index contributed by atoms with van der Waals surface area (Å²) in [5, 5.41) is 28.2. The summed E-state index contributed by atoms with van der Waals surface area (Å²) in [5.41, 5.74) is 10.8. The number of hydrogen-bond donors (Lipinski definition) is 6. The fraction of sp³-hybridized carbons (Fsp3) is 0.562. The summed E-state index contributed by atoms with van der Waals surface area (Å²) < 4.78 is 67.8. The maximum atomic E-state index is 14.6. The SMILES string of the molecule is NCC(O)CNS(=O)(=O)c1ccc(N2CCC(CN)C(F)C2)c(-c2nn[nH]n2)c1S(N)(=O)=O. The first-order chi connectivity index (χ1) is 15.5. The number of halogens is 1. The number of benzene rings is 1. The number of aromatic amines is 1. The van der Waals surface area contributed by atoms with Crippen LogP contribution < -0.4 is 26.2 Å². The normalized spacial score (nSPS) is 20.7. The van der Waals surface area contributed by atoms with Gasteiger partial charge in [-0.2, -0.15) is 5.21 Å². The Hall–Kier alpha value is -2.28. The molecule has 3 atom stereocenters. The molecule has 1 aromatic heterocycles. The molecule has 9 N–H and O–H groups in total. The Labute approximate surface area is 189 Å². The van der Waals surface area contributed by atoms with Crippen LogP contribution in [0.3, 0.4) is 0 Å². The van der Waals surface area contributed by atoms with Crippen LogP contribution in [0.25, 0.3) is 11.4 Å². The van der Waals surface area contributed by atoms with Crippen molar-refractivity contribution in [3.63, 3.8) is 0 Å². The van der Waals surface area contributed by atoms with Crippen LogP contribution in [0.2, 0.25) is 0 Å². The second kappa shape index (κ2) is 9.92. The van der Waals surface area contributed by atoms with Crippen molar-refractivity contribution in [2.75, 3.05) is 37.6 Å². The van der Waals surface area contributed by atoms with Gasteiger partial charge in [-0.05, 0) is 30.3 Å². The van der Waals surface area contributed by atoms with E-state index in [1.807, 2.05) is 0 Å². The highest BCUT2D eigenvalue weighted by Gasteiger charge is 2.35. The van der Waals surface area contributed by atoms with E-state index in [9.17, 15) is 26.3 Å². The molecule has 0 radical (unpaired) electrons. The number of H-pyrrole nitrogens is 1. The van der Waals surface area contributed by atoms with Crippen molar-refractivity contribution in [2.45, 2.75) is 28.5 Å². The molecule has 2 aromatic rings. The maximum Gasteiger partial charge on any atom is 0.242 e. The number of aliphatic hydroxyl groups is 1. The number of sulfonamides is 2. The van der Waals surface area contributed by atoms with E-state index < -0.39 is 48.7 Å². The van der Waals surface area contributed by atoms with Crippen molar-refractivity contribution in [1.82, 2.24) is 25.3 Å². The zero-order chi connectivity index (χ0) is 24.4. The predicted molar refractivity (Wildman–Crippen MR) is 116 cm³/mol. The van der Waals surface area contributed by atoms with Gasteiger partial charge in [0.1, 0.15) is 16.0 Å². The summed E-state index contributed by atoms with van der Waals surface area (Å²) in [6, 6.07) is 2.36. The third-order valence-electron chi connectivity index (χ3n) is 5.34. The number of rotatable bonds is 9. The number of aromatic nitrogens is 4. The number of nitrogens with two attached hydrogens (primary N) is 3. The molecule has 1 aliphatic rings.